The molecule has 0 unspecified atom stereocenters. The van der Waals surface area contributed by atoms with Crippen LogP contribution in [0.25, 0.3) is 0 Å². The molecule has 1 aromatic heterocycles. The summed E-state index contributed by atoms with van der Waals surface area (Å²) in [6.07, 6.45) is -3.22. The Morgan fingerprint density at radius 1 is 1.38 bits per heavy atom. The third kappa shape index (κ3) is 3.44. The number of carbonyl (C=O) groups excluding carboxylic acids is 1. The average Bonchev–Trinajstić information content (AvgIpc) is 2.87. The normalized spacial score (nSPS) is 11.4. The predicted octanol–water partition coefficient (Wildman–Crippen LogP) is 2.69. The van der Waals surface area contributed by atoms with Crippen LogP contribution in [0.2, 0.25) is 0 Å². The monoisotopic (exact) mass is 299 g/mol. The van der Waals surface area contributed by atoms with Crippen molar-refractivity contribution >= 4 is 11.5 Å². The molecule has 21 heavy (non-hydrogen) atoms. The lowest BCUT2D eigenvalue weighted by molar-refractivity contribution is -0.384. The Labute approximate surface area is 116 Å². The second kappa shape index (κ2) is 5.35. The van der Waals surface area contributed by atoms with E-state index >= 15 is 0 Å². The van der Waals surface area contributed by atoms with Gasteiger partial charge in [0.1, 0.15) is 6.54 Å². The van der Waals surface area contributed by atoms with Gasteiger partial charge < -0.3 is 0 Å². The van der Waals surface area contributed by atoms with Crippen molar-refractivity contribution in [1.82, 2.24) is 9.78 Å². The van der Waals surface area contributed by atoms with Crippen LogP contribution in [-0.2, 0) is 12.7 Å². The lowest BCUT2D eigenvalue weighted by Crippen LogP contribution is -2.11. The van der Waals surface area contributed by atoms with Crippen LogP contribution in [0.5, 0.6) is 0 Å². The number of benzene rings is 1. The van der Waals surface area contributed by atoms with E-state index in [1.807, 2.05) is 0 Å². The molecule has 6 nitrogen and oxygen atoms in total. The van der Waals surface area contributed by atoms with E-state index < -0.39 is 29.0 Å². The summed E-state index contributed by atoms with van der Waals surface area (Å²) in [7, 11) is 0. The van der Waals surface area contributed by atoms with Crippen LogP contribution in [-0.4, -0.2) is 20.5 Å². The number of halogens is 3. The molecular weight excluding hydrogens is 291 g/mol. The molecule has 0 saturated heterocycles. The van der Waals surface area contributed by atoms with Crippen molar-refractivity contribution in [3.8, 4) is 0 Å². The van der Waals surface area contributed by atoms with E-state index in [1.54, 1.807) is 0 Å². The number of ketones is 1. The highest BCUT2D eigenvalue weighted by molar-refractivity contribution is 5.96. The minimum atomic E-state index is -4.53. The number of Topliss-reactive ketones (excluding diaryl/α,β-unsaturated/α-hetero) is 1. The van der Waals surface area contributed by atoms with Crippen molar-refractivity contribution in [2.45, 2.75) is 12.7 Å². The quantitative estimate of drug-likeness (QED) is 0.494. The van der Waals surface area contributed by atoms with E-state index in [0.29, 0.717) is 12.4 Å². The van der Waals surface area contributed by atoms with Crippen LogP contribution in [0, 0.1) is 10.1 Å². The van der Waals surface area contributed by atoms with Crippen LogP contribution < -0.4 is 0 Å². The molecule has 2 aromatic rings. The lowest BCUT2D eigenvalue weighted by Gasteiger charge is -2.02. The second-order valence-corrected chi connectivity index (χ2v) is 4.15. The molecule has 0 bridgehead atoms. The highest BCUT2D eigenvalue weighted by Crippen LogP contribution is 2.28. The summed E-state index contributed by atoms with van der Waals surface area (Å²) in [5.74, 6) is -0.574. The lowest BCUT2D eigenvalue weighted by atomic mass is 10.1. The Morgan fingerprint density at radius 3 is 2.67 bits per heavy atom. The van der Waals surface area contributed by atoms with Gasteiger partial charge in [0.05, 0.1) is 16.7 Å². The largest absolute Gasteiger partial charge is 0.419 e. The first kappa shape index (κ1) is 14.7. The number of rotatable bonds is 4. The van der Waals surface area contributed by atoms with E-state index in [1.165, 1.54) is 18.2 Å². The van der Waals surface area contributed by atoms with E-state index in [9.17, 15) is 28.1 Å². The molecule has 0 aliphatic rings. The minimum absolute atomic E-state index is 0.0354. The number of nitro benzene ring substituents is 1. The van der Waals surface area contributed by atoms with Gasteiger partial charge in [0, 0.05) is 23.9 Å². The molecule has 0 amide bonds. The zero-order valence-electron chi connectivity index (χ0n) is 10.4. The molecule has 0 N–H and O–H groups in total. The van der Waals surface area contributed by atoms with Crippen molar-refractivity contribution in [3.05, 3.63) is 57.9 Å². The maximum atomic E-state index is 12.4. The first-order valence-electron chi connectivity index (χ1n) is 5.64. The number of aromatic nitrogens is 2. The molecule has 0 fully saturated rings. The van der Waals surface area contributed by atoms with Gasteiger partial charge in [0.25, 0.3) is 5.69 Å². The number of alkyl halides is 3. The number of nitrogens with zero attached hydrogens (tertiary/aromatic N) is 3. The molecule has 0 radical (unpaired) electrons. The average molecular weight is 299 g/mol. The third-order valence-electron chi connectivity index (χ3n) is 2.65. The number of nitro groups is 1. The Kier molecular flexibility index (Phi) is 3.74. The van der Waals surface area contributed by atoms with Gasteiger partial charge in [-0.25, -0.2) is 0 Å². The molecule has 0 spiro atoms. The molecular formula is C12H8F3N3O3. The summed E-state index contributed by atoms with van der Waals surface area (Å²) >= 11 is 0. The summed E-state index contributed by atoms with van der Waals surface area (Å²) in [5, 5.41) is 14.0. The van der Waals surface area contributed by atoms with Crippen LogP contribution >= 0.6 is 0 Å². The van der Waals surface area contributed by atoms with Crippen molar-refractivity contribution in [3.63, 3.8) is 0 Å². The fourth-order valence-electron chi connectivity index (χ4n) is 1.63. The summed E-state index contributed by atoms with van der Waals surface area (Å²) in [6.45, 7) is -0.433. The van der Waals surface area contributed by atoms with Crippen molar-refractivity contribution < 1.29 is 22.9 Å². The van der Waals surface area contributed by atoms with Crippen LogP contribution in [0.4, 0.5) is 18.9 Å². The zero-order valence-corrected chi connectivity index (χ0v) is 10.4. The smallest absolute Gasteiger partial charge is 0.292 e. The highest BCUT2D eigenvalue weighted by atomic mass is 19.4. The first-order valence-corrected chi connectivity index (χ1v) is 5.64. The van der Waals surface area contributed by atoms with E-state index in [-0.39, 0.29) is 11.3 Å². The summed E-state index contributed by atoms with van der Waals surface area (Å²) in [5.41, 5.74) is -1.19. The SMILES string of the molecule is O=C(Cn1cc(C(F)(F)F)cn1)c1cccc([N+](=O)[O-])c1. The number of carbonyl (C=O) groups is 1. The van der Waals surface area contributed by atoms with Crippen LogP contribution in [0.15, 0.2) is 36.7 Å². The molecule has 110 valence electrons. The Balaban J connectivity index is 2.16. The van der Waals surface area contributed by atoms with Crippen LogP contribution in [0.3, 0.4) is 0 Å². The fourth-order valence-corrected chi connectivity index (χ4v) is 1.63. The molecule has 0 aliphatic heterocycles. The predicted molar refractivity (Wildman–Crippen MR) is 64.7 cm³/mol. The highest BCUT2D eigenvalue weighted by Gasteiger charge is 2.32. The maximum Gasteiger partial charge on any atom is 0.419 e. The summed E-state index contributed by atoms with van der Waals surface area (Å²) in [4.78, 5) is 21.8. The van der Waals surface area contributed by atoms with Gasteiger partial charge in [-0.3, -0.25) is 19.6 Å². The topological polar surface area (TPSA) is 78.0 Å². The Bertz CT molecular complexity index is 694. The zero-order chi connectivity index (χ0) is 15.6. The van der Waals surface area contributed by atoms with Crippen molar-refractivity contribution in [1.29, 1.82) is 0 Å². The minimum Gasteiger partial charge on any atom is -0.292 e. The van der Waals surface area contributed by atoms with Gasteiger partial charge >= 0.3 is 6.18 Å². The number of hydrogen-bond acceptors (Lipinski definition) is 4. The molecule has 2 rings (SSSR count). The number of non-ortho nitro benzene ring substituents is 1. The maximum absolute atomic E-state index is 12.4. The van der Waals surface area contributed by atoms with E-state index in [0.717, 1.165) is 10.7 Å². The standard InChI is InChI=1S/C12H8F3N3O3/c13-12(14,15)9-5-16-17(6-9)7-11(19)8-2-1-3-10(4-8)18(20)21/h1-6H,7H2. The Morgan fingerprint density at radius 2 is 2.10 bits per heavy atom. The van der Waals surface area contributed by atoms with Gasteiger partial charge in [-0.2, -0.15) is 18.3 Å². The van der Waals surface area contributed by atoms with Gasteiger partial charge in [0.2, 0.25) is 0 Å². The Hall–Kier alpha value is -2.71. The van der Waals surface area contributed by atoms with E-state index in [4.69, 9.17) is 0 Å². The third-order valence-corrected chi connectivity index (χ3v) is 2.65. The first-order chi connectivity index (χ1) is 9.77. The molecule has 0 atom stereocenters. The van der Waals surface area contributed by atoms with Crippen LogP contribution in [0.1, 0.15) is 15.9 Å². The van der Waals surface area contributed by atoms with Gasteiger partial charge in [0.15, 0.2) is 5.78 Å². The molecule has 0 aliphatic carbocycles. The van der Waals surface area contributed by atoms with E-state index in [2.05, 4.69) is 5.10 Å². The van der Waals surface area contributed by atoms with Gasteiger partial charge in [-0.1, -0.05) is 12.1 Å². The second-order valence-electron chi connectivity index (χ2n) is 4.15. The molecule has 0 saturated carbocycles. The van der Waals surface area contributed by atoms with Crippen molar-refractivity contribution in [2.75, 3.05) is 0 Å². The summed E-state index contributed by atoms with van der Waals surface area (Å²) in [6, 6.07) is 4.96. The van der Waals surface area contributed by atoms with Gasteiger partial charge in [-0.05, 0) is 0 Å². The molecule has 1 aromatic carbocycles. The summed E-state index contributed by atoms with van der Waals surface area (Å²) < 4.78 is 38.0. The van der Waals surface area contributed by atoms with Gasteiger partial charge in [-0.15, -0.1) is 0 Å². The van der Waals surface area contributed by atoms with Crippen molar-refractivity contribution in [2.24, 2.45) is 0 Å². The fraction of sp³-hybridized carbons (Fsp3) is 0.167. The molecule has 9 heteroatoms. The molecule has 1 heterocycles. The number of hydrogen-bond donors (Lipinski definition) is 0.